The zero-order valence-electron chi connectivity index (χ0n) is 25.2. The molecule has 12 nitrogen and oxygen atoms in total. The van der Waals surface area contributed by atoms with E-state index in [4.69, 9.17) is 15.2 Å². The lowest BCUT2D eigenvalue weighted by molar-refractivity contribution is -0.123. The van der Waals surface area contributed by atoms with E-state index in [1.165, 1.54) is 0 Å². The summed E-state index contributed by atoms with van der Waals surface area (Å²) in [7, 11) is 7.06. The second-order valence-corrected chi connectivity index (χ2v) is 11.6. The summed E-state index contributed by atoms with van der Waals surface area (Å²) < 4.78 is 14.4. The van der Waals surface area contributed by atoms with Gasteiger partial charge in [0.25, 0.3) is 0 Å². The first kappa shape index (κ1) is 30.0. The molecule has 0 aromatic carbocycles. The second kappa shape index (κ2) is 11.1. The summed E-state index contributed by atoms with van der Waals surface area (Å²) in [5.41, 5.74) is 6.54. The molecule has 12 heteroatoms. The number of aromatic nitrogens is 5. The number of carbonyl (C=O) groups is 1. The maximum Gasteiger partial charge on any atom is 0.247 e. The zero-order chi connectivity index (χ0) is 30.2. The van der Waals surface area contributed by atoms with Gasteiger partial charge in [-0.1, -0.05) is 0 Å². The Labute approximate surface area is 241 Å². The van der Waals surface area contributed by atoms with Gasteiger partial charge in [0.05, 0.1) is 17.5 Å². The van der Waals surface area contributed by atoms with Gasteiger partial charge in [-0.05, 0) is 58.9 Å². The van der Waals surface area contributed by atoms with Crippen molar-refractivity contribution < 1.29 is 14.3 Å². The van der Waals surface area contributed by atoms with Crippen LogP contribution >= 0.6 is 0 Å². The topological polar surface area (TPSA) is 149 Å². The maximum atomic E-state index is 13.0. The molecule has 1 atom stereocenters. The molecule has 1 amide bonds. The van der Waals surface area contributed by atoms with Gasteiger partial charge in [-0.2, -0.15) is 15.5 Å². The quantitative estimate of drug-likeness (QED) is 0.415. The first-order chi connectivity index (χ1) is 19.3. The Bertz CT molecular complexity index is 1450. The predicted molar refractivity (Wildman–Crippen MR) is 156 cm³/mol. The van der Waals surface area contributed by atoms with Crippen LogP contribution in [0.15, 0.2) is 30.5 Å². The van der Waals surface area contributed by atoms with Crippen molar-refractivity contribution in [2.75, 3.05) is 36.7 Å². The highest BCUT2D eigenvalue weighted by molar-refractivity contribution is 6.02. The third-order valence-electron chi connectivity index (χ3n) is 8.17. The molecule has 3 N–H and O–H groups in total. The molecule has 3 aromatic rings. The molecule has 41 heavy (non-hydrogen) atoms. The van der Waals surface area contributed by atoms with Gasteiger partial charge in [0, 0.05) is 64.9 Å². The van der Waals surface area contributed by atoms with Crippen molar-refractivity contribution in [1.82, 2.24) is 24.5 Å². The number of anilines is 4. The van der Waals surface area contributed by atoms with Crippen molar-refractivity contribution in [3.05, 3.63) is 41.9 Å². The highest BCUT2D eigenvalue weighted by Gasteiger charge is 2.56. The summed E-state index contributed by atoms with van der Waals surface area (Å²) in [5.74, 6) is 1.89. The first-order valence-electron chi connectivity index (χ1n) is 13.7. The molecule has 0 bridgehead atoms. The van der Waals surface area contributed by atoms with Crippen molar-refractivity contribution in [3.63, 3.8) is 0 Å². The van der Waals surface area contributed by atoms with Crippen LogP contribution < -0.4 is 16.0 Å². The Morgan fingerprint density at radius 3 is 2.17 bits per heavy atom. The SMILES string of the molecule is COC(C)(C)c1cc(N)nn1C.COC(C)(C)c1cc(Nc2cc(N3CC[C@@](C#N)(C4CC4)C3=O)ccn2)nn1C. The van der Waals surface area contributed by atoms with Gasteiger partial charge in [0.15, 0.2) is 5.82 Å². The monoisotopic (exact) mass is 563 g/mol. The van der Waals surface area contributed by atoms with Gasteiger partial charge >= 0.3 is 0 Å². The molecule has 220 valence electrons. The van der Waals surface area contributed by atoms with Crippen LogP contribution in [0, 0.1) is 22.7 Å². The number of amides is 1. The van der Waals surface area contributed by atoms with Crippen molar-refractivity contribution in [3.8, 4) is 6.07 Å². The van der Waals surface area contributed by atoms with Crippen LogP contribution in [0.4, 0.5) is 23.1 Å². The molecule has 2 aliphatic rings. The first-order valence-corrected chi connectivity index (χ1v) is 13.7. The molecular weight excluding hydrogens is 522 g/mol. The van der Waals surface area contributed by atoms with Crippen molar-refractivity contribution in [1.29, 1.82) is 5.26 Å². The van der Waals surface area contributed by atoms with Crippen molar-refractivity contribution >= 4 is 29.0 Å². The lowest BCUT2D eigenvalue weighted by Gasteiger charge is -2.22. The van der Waals surface area contributed by atoms with Crippen LogP contribution in [0.2, 0.25) is 0 Å². The fourth-order valence-corrected chi connectivity index (χ4v) is 5.27. The Morgan fingerprint density at radius 2 is 1.63 bits per heavy atom. The van der Waals surface area contributed by atoms with E-state index in [1.807, 2.05) is 60.0 Å². The van der Waals surface area contributed by atoms with Gasteiger partial charge < -0.3 is 25.4 Å². The van der Waals surface area contributed by atoms with Gasteiger partial charge in [0.2, 0.25) is 5.91 Å². The summed E-state index contributed by atoms with van der Waals surface area (Å²) in [6, 6.07) is 9.71. The fourth-order valence-electron chi connectivity index (χ4n) is 5.27. The Hall–Kier alpha value is -3.95. The predicted octanol–water partition coefficient (Wildman–Crippen LogP) is 3.98. The molecule has 4 heterocycles. The number of nitrogen functional groups attached to an aromatic ring is 1. The second-order valence-electron chi connectivity index (χ2n) is 11.6. The highest BCUT2D eigenvalue weighted by Crippen LogP contribution is 2.52. The van der Waals surface area contributed by atoms with Crippen LogP contribution in [0.5, 0.6) is 0 Å². The summed E-state index contributed by atoms with van der Waals surface area (Å²) in [5, 5.41) is 21.4. The molecule has 5 rings (SSSR count). The molecule has 2 fully saturated rings. The van der Waals surface area contributed by atoms with E-state index in [0.717, 1.165) is 29.9 Å². The number of rotatable bonds is 8. The van der Waals surface area contributed by atoms with E-state index in [-0.39, 0.29) is 17.4 Å². The smallest absolute Gasteiger partial charge is 0.247 e. The average Bonchev–Trinajstić information content (AvgIpc) is 3.52. The number of nitriles is 1. The molecule has 1 saturated heterocycles. The van der Waals surface area contributed by atoms with Gasteiger partial charge in [-0.15, -0.1) is 0 Å². The van der Waals surface area contributed by atoms with Crippen LogP contribution in [-0.4, -0.2) is 51.2 Å². The standard InChI is InChI=1S/C21H26N6O2.C8H15N3O/c1-20(2,29-4)16-12-18(25-26(16)3)24-17-11-15(7-9-23-17)27-10-8-21(13-22,19(27)28)14-5-6-14;1-8(2,12-4)6-5-7(9)10-11(6)3/h7,9,11-12,14H,5-6,8,10H2,1-4H3,(H,23,24,25);5H,1-4H3,(H2,9,10)/t21-;/m1./s1. The van der Waals surface area contributed by atoms with E-state index in [2.05, 4.69) is 26.6 Å². The molecule has 1 aliphatic heterocycles. The molecule has 0 radical (unpaired) electrons. The van der Waals surface area contributed by atoms with Crippen molar-refractivity contribution in [2.24, 2.45) is 25.4 Å². The lowest BCUT2D eigenvalue weighted by Crippen LogP contribution is -2.35. The Balaban J connectivity index is 0.000000271. The van der Waals surface area contributed by atoms with Crippen molar-refractivity contribution in [2.45, 2.75) is 58.2 Å². The highest BCUT2D eigenvalue weighted by atomic mass is 16.5. The van der Waals surface area contributed by atoms with E-state index in [9.17, 15) is 10.1 Å². The van der Waals surface area contributed by atoms with Gasteiger partial charge in [-0.3, -0.25) is 14.2 Å². The van der Waals surface area contributed by atoms with Gasteiger partial charge in [-0.25, -0.2) is 4.98 Å². The molecular formula is C29H41N9O3. The minimum atomic E-state index is -0.849. The third kappa shape index (κ3) is 5.92. The number of methoxy groups -OCH3 is 2. The molecule has 3 aromatic heterocycles. The minimum Gasteiger partial charge on any atom is -0.382 e. The summed E-state index contributed by atoms with van der Waals surface area (Å²) in [4.78, 5) is 19.1. The summed E-state index contributed by atoms with van der Waals surface area (Å²) >= 11 is 0. The molecule has 0 spiro atoms. The maximum absolute atomic E-state index is 13.0. The lowest BCUT2D eigenvalue weighted by atomic mass is 9.83. The number of hydrogen-bond donors (Lipinski definition) is 2. The summed E-state index contributed by atoms with van der Waals surface area (Å²) in [6.45, 7) is 8.47. The number of aryl methyl sites for hydroxylation is 2. The van der Waals surface area contributed by atoms with Crippen LogP contribution in [0.1, 0.15) is 58.3 Å². The normalized spacial score (nSPS) is 19.1. The Morgan fingerprint density at radius 1 is 1.02 bits per heavy atom. The number of hydrogen-bond acceptors (Lipinski definition) is 9. The van der Waals surface area contributed by atoms with E-state index < -0.39 is 11.0 Å². The average molecular weight is 564 g/mol. The number of carbonyl (C=O) groups excluding carboxylic acids is 1. The molecule has 1 aliphatic carbocycles. The molecule has 1 saturated carbocycles. The summed E-state index contributed by atoms with van der Waals surface area (Å²) in [6.07, 6.45) is 4.19. The van der Waals surface area contributed by atoms with Crippen LogP contribution in [0.25, 0.3) is 0 Å². The largest absolute Gasteiger partial charge is 0.382 e. The van der Waals surface area contributed by atoms with Crippen LogP contribution in [-0.2, 0) is 39.6 Å². The fraction of sp³-hybridized carbons (Fsp3) is 0.552. The number of nitrogens with zero attached hydrogens (tertiary/aromatic N) is 7. The van der Waals surface area contributed by atoms with Gasteiger partial charge in [0.1, 0.15) is 28.3 Å². The number of nitrogens with one attached hydrogen (secondary N) is 1. The number of ether oxygens (including phenoxy) is 2. The van der Waals surface area contributed by atoms with E-state index >= 15 is 0 Å². The third-order valence-corrected chi connectivity index (χ3v) is 8.17. The molecule has 0 unspecified atom stereocenters. The number of pyridine rings is 1. The van der Waals surface area contributed by atoms with Crippen LogP contribution in [0.3, 0.4) is 0 Å². The Kier molecular flexibility index (Phi) is 8.16. The van der Waals surface area contributed by atoms with E-state index in [1.54, 1.807) is 40.7 Å². The number of nitrogens with two attached hydrogens (primary N) is 1. The zero-order valence-corrected chi connectivity index (χ0v) is 25.2. The minimum absolute atomic E-state index is 0.0818. The van der Waals surface area contributed by atoms with E-state index in [0.29, 0.717) is 30.4 Å².